The number of ether oxygens (including phenoxy) is 2. The van der Waals surface area contributed by atoms with Crippen LogP contribution in [0.15, 0.2) is 45.3 Å². The van der Waals surface area contributed by atoms with E-state index in [4.69, 9.17) is 9.47 Å². The fraction of sp³-hybridized carbons (Fsp3) is 0.143. The molecule has 2 aromatic carbocycles. The highest BCUT2D eigenvalue weighted by molar-refractivity contribution is 9.11. The second-order valence-corrected chi connectivity index (χ2v) is 5.40. The van der Waals surface area contributed by atoms with Crippen molar-refractivity contribution in [3.8, 4) is 22.6 Å². The molecule has 4 heteroatoms. The zero-order chi connectivity index (χ0) is 13.1. The van der Waals surface area contributed by atoms with Gasteiger partial charge in [-0.3, -0.25) is 0 Å². The molecular formula is C14H12Br2O2. The highest BCUT2D eigenvalue weighted by Gasteiger charge is 2.10. The Morgan fingerprint density at radius 1 is 0.722 bits per heavy atom. The monoisotopic (exact) mass is 370 g/mol. The van der Waals surface area contributed by atoms with E-state index in [0.29, 0.717) is 0 Å². The number of rotatable bonds is 3. The van der Waals surface area contributed by atoms with Crippen LogP contribution in [0, 0.1) is 0 Å². The molecule has 0 heterocycles. The zero-order valence-corrected chi connectivity index (χ0v) is 13.2. The third-order valence-electron chi connectivity index (χ3n) is 2.64. The van der Waals surface area contributed by atoms with Gasteiger partial charge in [0.2, 0.25) is 0 Å². The first kappa shape index (κ1) is 13.4. The van der Waals surface area contributed by atoms with E-state index in [-0.39, 0.29) is 0 Å². The molecule has 0 saturated heterocycles. The number of hydrogen-bond donors (Lipinski definition) is 0. The molecular weight excluding hydrogens is 360 g/mol. The lowest BCUT2D eigenvalue weighted by molar-refractivity contribution is 0.414. The molecule has 0 saturated carbocycles. The first-order valence-electron chi connectivity index (χ1n) is 5.33. The summed E-state index contributed by atoms with van der Waals surface area (Å²) in [6.45, 7) is 0. The highest BCUT2D eigenvalue weighted by Crippen LogP contribution is 2.37. The van der Waals surface area contributed by atoms with Crippen LogP contribution in [-0.4, -0.2) is 14.2 Å². The fourth-order valence-electron chi connectivity index (χ4n) is 1.68. The van der Waals surface area contributed by atoms with Crippen molar-refractivity contribution < 1.29 is 9.47 Å². The maximum atomic E-state index is 5.26. The smallest absolute Gasteiger partial charge is 0.119 e. The molecule has 0 atom stereocenters. The van der Waals surface area contributed by atoms with Crippen molar-refractivity contribution in [3.05, 3.63) is 45.3 Å². The first-order chi connectivity index (χ1) is 8.65. The Morgan fingerprint density at radius 3 is 1.44 bits per heavy atom. The van der Waals surface area contributed by atoms with Crippen LogP contribution in [0.4, 0.5) is 0 Å². The summed E-state index contributed by atoms with van der Waals surface area (Å²) in [5.74, 6) is 1.64. The van der Waals surface area contributed by atoms with Crippen LogP contribution in [0.3, 0.4) is 0 Å². The van der Waals surface area contributed by atoms with Crippen molar-refractivity contribution in [2.24, 2.45) is 0 Å². The van der Waals surface area contributed by atoms with E-state index >= 15 is 0 Å². The summed E-state index contributed by atoms with van der Waals surface area (Å²) in [5, 5.41) is 0. The maximum absolute atomic E-state index is 5.26. The first-order valence-corrected chi connectivity index (χ1v) is 6.91. The lowest BCUT2D eigenvalue weighted by Gasteiger charge is -2.11. The Labute approximate surface area is 123 Å². The number of halogens is 2. The van der Waals surface area contributed by atoms with E-state index in [0.717, 1.165) is 31.6 Å². The van der Waals surface area contributed by atoms with Crippen molar-refractivity contribution in [1.29, 1.82) is 0 Å². The SMILES string of the molecule is COc1ccc(Br)c(-c2cc(OC)ccc2Br)c1. The highest BCUT2D eigenvalue weighted by atomic mass is 79.9. The average Bonchev–Trinajstić information content (AvgIpc) is 2.40. The molecule has 0 aliphatic carbocycles. The van der Waals surface area contributed by atoms with E-state index in [1.54, 1.807) is 14.2 Å². The number of hydrogen-bond acceptors (Lipinski definition) is 2. The molecule has 2 nitrogen and oxygen atoms in total. The molecule has 2 rings (SSSR count). The van der Waals surface area contributed by atoms with Crippen LogP contribution in [0.5, 0.6) is 11.5 Å². The van der Waals surface area contributed by atoms with Crippen LogP contribution in [0.2, 0.25) is 0 Å². The summed E-state index contributed by atoms with van der Waals surface area (Å²) in [5.41, 5.74) is 2.11. The van der Waals surface area contributed by atoms with Crippen LogP contribution >= 0.6 is 31.9 Å². The van der Waals surface area contributed by atoms with Crippen LogP contribution in [0.25, 0.3) is 11.1 Å². The normalized spacial score (nSPS) is 10.2. The Kier molecular flexibility index (Phi) is 4.30. The van der Waals surface area contributed by atoms with Crippen LogP contribution in [-0.2, 0) is 0 Å². The molecule has 0 N–H and O–H groups in total. The Balaban J connectivity index is 2.60. The summed E-state index contributed by atoms with van der Waals surface area (Å²) in [6.07, 6.45) is 0. The van der Waals surface area contributed by atoms with Gasteiger partial charge in [-0.2, -0.15) is 0 Å². The molecule has 0 aliphatic rings. The minimum Gasteiger partial charge on any atom is -0.497 e. The summed E-state index contributed by atoms with van der Waals surface area (Å²) >= 11 is 7.12. The minimum atomic E-state index is 0.822. The van der Waals surface area contributed by atoms with Crippen molar-refractivity contribution in [3.63, 3.8) is 0 Å². The Hall–Kier alpha value is -1.00. The van der Waals surface area contributed by atoms with Crippen LogP contribution < -0.4 is 9.47 Å². The molecule has 0 radical (unpaired) electrons. The summed E-state index contributed by atoms with van der Waals surface area (Å²) in [7, 11) is 3.32. The molecule has 0 aromatic heterocycles. The minimum absolute atomic E-state index is 0.822. The summed E-state index contributed by atoms with van der Waals surface area (Å²) in [6, 6.07) is 11.8. The number of methoxy groups -OCH3 is 2. The summed E-state index contributed by atoms with van der Waals surface area (Å²) in [4.78, 5) is 0. The van der Waals surface area contributed by atoms with Gasteiger partial charge in [-0.05, 0) is 36.4 Å². The third kappa shape index (κ3) is 2.70. The predicted octanol–water partition coefficient (Wildman–Crippen LogP) is 4.90. The van der Waals surface area contributed by atoms with Crippen molar-refractivity contribution in [2.45, 2.75) is 0 Å². The Bertz CT molecular complexity index is 516. The van der Waals surface area contributed by atoms with Gasteiger partial charge in [-0.15, -0.1) is 0 Å². The number of benzene rings is 2. The lowest BCUT2D eigenvalue weighted by Crippen LogP contribution is -1.88. The molecule has 0 fully saturated rings. The zero-order valence-electron chi connectivity index (χ0n) is 10.0. The average molecular weight is 372 g/mol. The van der Waals surface area contributed by atoms with Gasteiger partial charge < -0.3 is 9.47 Å². The quantitative estimate of drug-likeness (QED) is 0.764. The second-order valence-electron chi connectivity index (χ2n) is 3.69. The molecule has 94 valence electrons. The molecule has 0 amide bonds. The van der Waals surface area contributed by atoms with E-state index < -0.39 is 0 Å². The predicted molar refractivity (Wildman–Crippen MR) is 80.4 cm³/mol. The largest absolute Gasteiger partial charge is 0.497 e. The lowest BCUT2D eigenvalue weighted by atomic mass is 10.1. The van der Waals surface area contributed by atoms with Gasteiger partial charge in [0.05, 0.1) is 14.2 Å². The molecule has 18 heavy (non-hydrogen) atoms. The van der Waals surface area contributed by atoms with Crippen LogP contribution in [0.1, 0.15) is 0 Å². The van der Waals surface area contributed by atoms with Crippen molar-refractivity contribution >= 4 is 31.9 Å². The standard InChI is InChI=1S/C14H12Br2O2/c1-17-9-3-5-13(15)11(7-9)12-8-10(18-2)4-6-14(12)16/h3-8H,1-2H3. The van der Waals surface area contributed by atoms with Crippen molar-refractivity contribution in [2.75, 3.05) is 14.2 Å². The second kappa shape index (κ2) is 5.76. The molecule has 0 unspecified atom stereocenters. The van der Waals surface area contributed by atoms with Crippen molar-refractivity contribution in [1.82, 2.24) is 0 Å². The third-order valence-corrected chi connectivity index (χ3v) is 4.02. The molecule has 0 bridgehead atoms. The van der Waals surface area contributed by atoms with Gasteiger partial charge in [0, 0.05) is 20.1 Å². The van der Waals surface area contributed by atoms with E-state index in [1.807, 2.05) is 36.4 Å². The maximum Gasteiger partial charge on any atom is 0.119 e. The van der Waals surface area contributed by atoms with Gasteiger partial charge in [0.15, 0.2) is 0 Å². The fourth-order valence-corrected chi connectivity index (χ4v) is 2.60. The molecule has 0 aliphatic heterocycles. The van der Waals surface area contributed by atoms with Gasteiger partial charge in [0.1, 0.15) is 11.5 Å². The van der Waals surface area contributed by atoms with Gasteiger partial charge in [0.25, 0.3) is 0 Å². The molecule has 2 aromatic rings. The van der Waals surface area contributed by atoms with Gasteiger partial charge in [-0.1, -0.05) is 31.9 Å². The van der Waals surface area contributed by atoms with Gasteiger partial charge >= 0.3 is 0 Å². The van der Waals surface area contributed by atoms with E-state index in [9.17, 15) is 0 Å². The molecule has 0 spiro atoms. The topological polar surface area (TPSA) is 18.5 Å². The Morgan fingerprint density at radius 2 is 1.11 bits per heavy atom. The van der Waals surface area contributed by atoms with E-state index in [2.05, 4.69) is 31.9 Å². The van der Waals surface area contributed by atoms with E-state index in [1.165, 1.54) is 0 Å². The van der Waals surface area contributed by atoms with Gasteiger partial charge in [-0.25, -0.2) is 0 Å². The summed E-state index contributed by atoms with van der Waals surface area (Å²) < 4.78 is 12.5.